The number of rotatable bonds is 15. The zero-order chi connectivity index (χ0) is 53.5. The number of thiophene rings is 1. The molecule has 0 radical (unpaired) electrons. The molecule has 5 heterocycles. The molecular formula is C72H64BN5S. The molecular weight excluding hydrogens is 978 g/mol. The van der Waals surface area contributed by atoms with Gasteiger partial charge in [-0.1, -0.05) is 136 Å². The van der Waals surface area contributed by atoms with Crippen molar-refractivity contribution >= 4 is 117 Å². The first kappa shape index (κ1) is 48.8. The highest BCUT2D eigenvalue weighted by Crippen LogP contribution is 2.49. The summed E-state index contributed by atoms with van der Waals surface area (Å²) in [5.41, 5.74) is 26.1. The van der Waals surface area contributed by atoms with Crippen LogP contribution in [-0.4, -0.2) is 15.8 Å². The van der Waals surface area contributed by atoms with E-state index in [4.69, 9.17) is 0 Å². The Hall–Kier alpha value is -8.52. The lowest BCUT2D eigenvalue weighted by molar-refractivity contribution is 0.795. The number of anilines is 9. The fourth-order valence-corrected chi connectivity index (χ4v) is 14.3. The minimum absolute atomic E-state index is 0.0458. The van der Waals surface area contributed by atoms with Crippen LogP contribution in [0.5, 0.6) is 0 Å². The van der Waals surface area contributed by atoms with Crippen molar-refractivity contribution < 1.29 is 0 Å². The normalized spacial score (nSPS) is 12.2. The summed E-state index contributed by atoms with van der Waals surface area (Å²) in [6.45, 7) is 13.9. The molecule has 0 N–H and O–H groups in total. The monoisotopic (exact) mass is 1040 g/mol. The number of aromatic nitrogens is 2. The Morgan fingerprint density at radius 3 is 1.30 bits per heavy atom. The van der Waals surface area contributed by atoms with Gasteiger partial charge in [0, 0.05) is 66.7 Å². The first-order valence-corrected chi connectivity index (χ1v) is 29.3. The van der Waals surface area contributed by atoms with E-state index in [0.717, 1.165) is 47.0 Å². The number of benzene rings is 9. The van der Waals surface area contributed by atoms with Crippen molar-refractivity contribution in [2.75, 3.05) is 14.7 Å². The molecule has 0 unspecified atom stereocenters. The summed E-state index contributed by atoms with van der Waals surface area (Å²) in [5.74, 6) is 0. The minimum Gasteiger partial charge on any atom is -0.314 e. The molecule has 14 rings (SSSR count). The highest BCUT2D eigenvalue weighted by molar-refractivity contribution is 7.23. The van der Waals surface area contributed by atoms with Crippen LogP contribution in [0.25, 0.3) is 43.3 Å². The number of unbranched alkanes of at least 4 members (excludes halogenated alkanes) is 2. The van der Waals surface area contributed by atoms with E-state index in [0.29, 0.717) is 0 Å². The molecule has 0 saturated heterocycles. The van der Waals surface area contributed by atoms with Crippen molar-refractivity contribution in [1.82, 2.24) is 9.13 Å². The molecule has 386 valence electrons. The maximum absolute atomic E-state index is 2.64. The van der Waals surface area contributed by atoms with Gasteiger partial charge >= 0.3 is 0 Å². The average molecular weight is 1040 g/mol. The maximum atomic E-state index is 2.64. The van der Waals surface area contributed by atoms with Crippen LogP contribution in [0.3, 0.4) is 0 Å². The summed E-state index contributed by atoms with van der Waals surface area (Å²) in [4.78, 5) is 7.48. The average Bonchev–Trinajstić information content (AvgIpc) is 3.33. The summed E-state index contributed by atoms with van der Waals surface area (Å²) in [5, 5.41) is 5.08. The lowest BCUT2D eigenvalue weighted by atomic mass is 9.34. The largest absolute Gasteiger partial charge is 0.314 e. The number of hydrogen-bond donors (Lipinski definition) is 0. The van der Waals surface area contributed by atoms with Crippen LogP contribution in [-0.2, 0) is 12.8 Å². The number of hydrogen-bond acceptors (Lipinski definition) is 4. The van der Waals surface area contributed by atoms with Gasteiger partial charge in [0.1, 0.15) is 5.00 Å². The van der Waals surface area contributed by atoms with Crippen LogP contribution in [0.15, 0.2) is 206 Å². The highest BCUT2D eigenvalue weighted by atomic mass is 32.1. The quantitative estimate of drug-likeness (QED) is 0.0954. The van der Waals surface area contributed by atoms with Crippen molar-refractivity contribution in [3.63, 3.8) is 0 Å². The first-order chi connectivity index (χ1) is 38.8. The van der Waals surface area contributed by atoms with Crippen molar-refractivity contribution in [3.8, 4) is 11.4 Å². The van der Waals surface area contributed by atoms with Gasteiger partial charge in [-0.2, -0.15) is 0 Å². The Labute approximate surface area is 469 Å². The number of nitrogens with zero attached hydrogens (tertiary/aromatic N) is 5. The fraction of sp³-hybridized carbons (Fsp3) is 0.167. The van der Waals surface area contributed by atoms with E-state index in [-0.39, 0.29) is 6.71 Å². The van der Waals surface area contributed by atoms with E-state index in [2.05, 4.69) is 272 Å². The second-order valence-corrected chi connectivity index (χ2v) is 23.0. The van der Waals surface area contributed by atoms with E-state index in [1.54, 1.807) is 0 Å². The summed E-state index contributed by atoms with van der Waals surface area (Å²) in [7, 11) is 0. The van der Waals surface area contributed by atoms with E-state index < -0.39 is 0 Å². The van der Waals surface area contributed by atoms with Gasteiger partial charge in [-0.05, 0) is 194 Å². The molecule has 0 bridgehead atoms. The first-order valence-electron chi connectivity index (χ1n) is 28.5. The molecule has 3 aromatic heterocycles. The van der Waals surface area contributed by atoms with E-state index in [9.17, 15) is 0 Å². The third-order valence-electron chi connectivity index (χ3n) is 17.3. The molecule has 0 amide bonds. The van der Waals surface area contributed by atoms with Crippen LogP contribution < -0.4 is 31.1 Å². The predicted molar refractivity (Wildman–Crippen MR) is 340 cm³/mol. The molecule has 9 aromatic carbocycles. The van der Waals surface area contributed by atoms with Crippen molar-refractivity contribution in [2.45, 2.75) is 80.1 Å². The smallest absolute Gasteiger partial charge is 0.252 e. The van der Waals surface area contributed by atoms with Crippen LogP contribution in [0.1, 0.15) is 73.2 Å². The lowest BCUT2D eigenvalue weighted by Gasteiger charge is -2.37. The molecule has 79 heavy (non-hydrogen) atoms. The fourth-order valence-electron chi connectivity index (χ4n) is 13.3. The van der Waals surface area contributed by atoms with E-state index in [1.165, 1.54) is 135 Å². The Kier molecular flexibility index (Phi) is 12.2. The van der Waals surface area contributed by atoms with Crippen LogP contribution >= 0.6 is 11.3 Å². The SMILES string of the molecule is CCCCc1ccc(N(c2cc3c4c(c2)-n2c(C)c(C)c5c(N(c6ccccc6)c6ccccc6)ccc(c52)B4c2ccc(N(c4ccccc4)c4ccccc4)c4c(C)c(C)n-3c24)c2cc3cc(CCCC)ccc3s2)cc1. The molecule has 5 nitrogen and oxygen atoms in total. The van der Waals surface area contributed by atoms with Crippen LogP contribution in [0.4, 0.5) is 50.5 Å². The van der Waals surface area contributed by atoms with Gasteiger partial charge in [0.25, 0.3) is 6.71 Å². The highest BCUT2D eigenvalue weighted by Gasteiger charge is 2.43. The van der Waals surface area contributed by atoms with Gasteiger partial charge in [0.05, 0.1) is 28.1 Å². The second-order valence-electron chi connectivity index (χ2n) is 21.9. The summed E-state index contributed by atoms with van der Waals surface area (Å²) < 4.78 is 6.59. The topological polar surface area (TPSA) is 19.6 Å². The third kappa shape index (κ3) is 7.87. The van der Waals surface area contributed by atoms with Gasteiger partial charge < -0.3 is 23.8 Å². The zero-order valence-electron chi connectivity index (χ0n) is 46.1. The van der Waals surface area contributed by atoms with Gasteiger partial charge in [0.15, 0.2) is 0 Å². The van der Waals surface area contributed by atoms with E-state index >= 15 is 0 Å². The molecule has 0 saturated carbocycles. The molecule has 2 aliphatic rings. The summed E-state index contributed by atoms with van der Waals surface area (Å²) in [6, 6.07) is 77.5. The number of para-hydroxylation sites is 4. The Morgan fingerprint density at radius 2 is 0.848 bits per heavy atom. The molecule has 0 spiro atoms. The van der Waals surface area contributed by atoms with Gasteiger partial charge in [0.2, 0.25) is 0 Å². The molecule has 0 aliphatic carbocycles. The predicted octanol–water partition coefficient (Wildman–Crippen LogP) is 18.3. The molecule has 0 fully saturated rings. The molecule has 0 atom stereocenters. The standard InChI is InChI=1S/C72H64BN5S/c1-7-9-23-51-33-36-58(37-34-51)78(67-44-53-43-52(24-10-8-2)35-42-66(53)79-67)59-45-64-70-65(46-59)75-50(6)48(4)69-63(77(56-29-19-13-20-30-56)57-31-21-14-22-32-57)41-39-61(72(69)75)73(70)60-38-40-62(68-47(3)49(5)74(64)71(60)68)76(54-25-15-11-16-26-54)55-27-17-12-18-28-55/h11-22,25-46H,7-10,23-24H2,1-6H3. The molecule has 7 heteroatoms. The number of fused-ring (bicyclic) bond motifs is 5. The van der Waals surface area contributed by atoms with Crippen LogP contribution in [0.2, 0.25) is 0 Å². The number of aryl methyl sites for hydroxylation is 4. The Balaban J connectivity index is 1.08. The van der Waals surface area contributed by atoms with Crippen LogP contribution in [0, 0.1) is 27.7 Å². The zero-order valence-corrected chi connectivity index (χ0v) is 46.9. The Bertz CT molecular complexity index is 3990. The Morgan fingerprint density at radius 1 is 0.418 bits per heavy atom. The lowest BCUT2D eigenvalue weighted by Crippen LogP contribution is -2.59. The van der Waals surface area contributed by atoms with Crippen molar-refractivity contribution in [2.24, 2.45) is 0 Å². The van der Waals surface area contributed by atoms with Gasteiger partial charge in [-0.15, -0.1) is 11.3 Å². The minimum atomic E-state index is -0.0458. The second kappa shape index (κ2) is 19.7. The van der Waals surface area contributed by atoms with Gasteiger partial charge in [-0.25, -0.2) is 0 Å². The maximum Gasteiger partial charge on any atom is 0.252 e. The summed E-state index contributed by atoms with van der Waals surface area (Å²) in [6.07, 6.45) is 6.91. The van der Waals surface area contributed by atoms with E-state index in [1.807, 2.05) is 11.3 Å². The summed E-state index contributed by atoms with van der Waals surface area (Å²) >= 11 is 1.89. The van der Waals surface area contributed by atoms with Gasteiger partial charge in [-0.3, -0.25) is 0 Å². The molecule has 12 aromatic rings. The molecule has 2 aliphatic heterocycles. The van der Waals surface area contributed by atoms with Crippen molar-refractivity contribution in [3.05, 3.63) is 240 Å². The van der Waals surface area contributed by atoms with Crippen molar-refractivity contribution in [1.29, 1.82) is 0 Å². The third-order valence-corrected chi connectivity index (χ3v) is 18.4.